The van der Waals surface area contributed by atoms with E-state index in [0.717, 1.165) is 24.1 Å². The fourth-order valence-corrected chi connectivity index (χ4v) is 2.74. The van der Waals surface area contributed by atoms with Gasteiger partial charge < -0.3 is 5.32 Å². The molecule has 0 spiro atoms. The maximum absolute atomic E-state index is 13.0. The third-order valence-electron chi connectivity index (χ3n) is 3.79. The second-order valence-corrected chi connectivity index (χ2v) is 5.32. The van der Waals surface area contributed by atoms with Gasteiger partial charge >= 0.3 is 0 Å². The summed E-state index contributed by atoms with van der Waals surface area (Å²) in [4.78, 5) is 11.9. The van der Waals surface area contributed by atoms with Gasteiger partial charge in [-0.25, -0.2) is 8.78 Å². The Morgan fingerprint density at radius 1 is 1.53 bits per heavy atom. The molecule has 2 heterocycles. The number of nitrogens with one attached hydrogen (secondary N) is 3. The zero-order valence-electron chi connectivity index (χ0n) is 10.4. The molecule has 0 radical (unpaired) electrons. The van der Waals surface area contributed by atoms with Crippen LogP contribution in [0.15, 0.2) is 6.20 Å². The number of aromatic nitrogens is 2. The van der Waals surface area contributed by atoms with Gasteiger partial charge in [0, 0.05) is 18.2 Å². The minimum Gasteiger partial charge on any atom is -0.352 e. The van der Waals surface area contributed by atoms with E-state index in [4.69, 9.17) is 0 Å². The normalized spacial score (nSPS) is 28.9. The van der Waals surface area contributed by atoms with Gasteiger partial charge in [-0.15, -0.1) is 0 Å². The molecule has 1 aliphatic heterocycles. The highest BCUT2D eigenvalue weighted by Crippen LogP contribution is 2.25. The predicted molar refractivity (Wildman–Crippen MR) is 63.9 cm³/mol. The molecule has 19 heavy (non-hydrogen) atoms. The summed E-state index contributed by atoms with van der Waals surface area (Å²) >= 11 is 0. The second-order valence-electron chi connectivity index (χ2n) is 5.32. The van der Waals surface area contributed by atoms with E-state index in [1.165, 1.54) is 0 Å². The molecule has 2 unspecified atom stereocenters. The monoisotopic (exact) mass is 270 g/mol. The topological polar surface area (TPSA) is 69.8 Å². The van der Waals surface area contributed by atoms with Gasteiger partial charge in [-0.1, -0.05) is 0 Å². The van der Waals surface area contributed by atoms with E-state index in [2.05, 4.69) is 20.8 Å². The molecule has 2 aliphatic rings. The highest BCUT2D eigenvalue weighted by Gasteiger charge is 2.42. The first-order chi connectivity index (χ1) is 9.03. The number of hydrogen-bond acceptors (Lipinski definition) is 3. The molecule has 1 aromatic heterocycles. The first-order valence-corrected chi connectivity index (χ1v) is 6.46. The first-order valence-electron chi connectivity index (χ1n) is 6.46. The Bertz CT molecular complexity index is 488. The van der Waals surface area contributed by atoms with Crippen molar-refractivity contribution in [3.8, 4) is 0 Å². The second kappa shape index (κ2) is 4.56. The van der Waals surface area contributed by atoms with Gasteiger partial charge in [0.05, 0.1) is 18.8 Å². The summed E-state index contributed by atoms with van der Waals surface area (Å²) in [7, 11) is 0. The lowest BCUT2D eigenvalue weighted by Gasteiger charge is -2.24. The summed E-state index contributed by atoms with van der Waals surface area (Å²) in [6, 6.07) is -0.769. The van der Waals surface area contributed by atoms with Crippen LogP contribution in [0.2, 0.25) is 0 Å². The number of amides is 1. The lowest BCUT2D eigenvalue weighted by molar-refractivity contribution is -0.124. The first kappa shape index (κ1) is 12.5. The molecule has 0 saturated carbocycles. The molecule has 1 fully saturated rings. The number of rotatable bonds is 2. The average Bonchev–Trinajstić information content (AvgIpc) is 2.94. The number of hydrogen-bond donors (Lipinski definition) is 3. The predicted octanol–water partition coefficient (Wildman–Crippen LogP) is 0.380. The van der Waals surface area contributed by atoms with Crippen molar-refractivity contribution in [2.24, 2.45) is 0 Å². The molecule has 2 atom stereocenters. The van der Waals surface area contributed by atoms with Crippen molar-refractivity contribution in [1.29, 1.82) is 0 Å². The molecular weight excluding hydrogens is 254 g/mol. The van der Waals surface area contributed by atoms with Crippen LogP contribution < -0.4 is 10.6 Å². The summed E-state index contributed by atoms with van der Waals surface area (Å²) < 4.78 is 26.1. The Hall–Kier alpha value is -1.50. The molecule has 104 valence electrons. The van der Waals surface area contributed by atoms with Crippen molar-refractivity contribution in [2.45, 2.75) is 43.7 Å². The van der Waals surface area contributed by atoms with E-state index in [9.17, 15) is 13.6 Å². The molecule has 1 aliphatic carbocycles. The van der Waals surface area contributed by atoms with Crippen LogP contribution in [0.1, 0.15) is 24.1 Å². The zero-order chi connectivity index (χ0) is 13.5. The van der Waals surface area contributed by atoms with E-state index >= 15 is 0 Å². The van der Waals surface area contributed by atoms with Crippen molar-refractivity contribution < 1.29 is 13.6 Å². The van der Waals surface area contributed by atoms with Gasteiger partial charge in [-0.2, -0.15) is 5.10 Å². The molecule has 3 N–H and O–H groups in total. The average molecular weight is 270 g/mol. The van der Waals surface area contributed by atoms with Gasteiger partial charge in [-0.05, 0) is 24.8 Å². The smallest absolute Gasteiger partial charge is 0.262 e. The van der Waals surface area contributed by atoms with Crippen LogP contribution in [0, 0.1) is 0 Å². The van der Waals surface area contributed by atoms with Crippen molar-refractivity contribution >= 4 is 5.91 Å². The maximum atomic E-state index is 13.0. The lowest BCUT2D eigenvalue weighted by Crippen LogP contribution is -2.46. The van der Waals surface area contributed by atoms with Crippen LogP contribution in [-0.2, 0) is 17.6 Å². The minimum atomic E-state index is -2.77. The lowest BCUT2D eigenvalue weighted by atomic mass is 9.93. The molecule has 1 aromatic rings. The third kappa shape index (κ3) is 2.60. The van der Waals surface area contributed by atoms with Gasteiger partial charge in [0.25, 0.3) is 5.92 Å². The molecular formula is C12H16F2N4O. The van der Waals surface area contributed by atoms with Crippen LogP contribution in [0.3, 0.4) is 0 Å². The molecule has 1 saturated heterocycles. The number of fused-ring (bicyclic) bond motifs is 1. The molecule has 5 nitrogen and oxygen atoms in total. The largest absolute Gasteiger partial charge is 0.352 e. The van der Waals surface area contributed by atoms with E-state index in [-0.39, 0.29) is 11.9 Å². The number of alkyl halides is 2. The molecule has 3 rings (SSSR count). The Balaban J connectivity index is 1.57. The number of halogens is 2. The van der Waals surface area contributed by atoms with E-state index in [0.29, 0.717) is 6.42 Å². The van der Waals surface area contributed by atoms with Gasteiger partial charge in [0.15, 0.2) is 0 Å². The van der Waals surface area contributed by atoms with Crippen molar-refractivity contribution in [1.82, 2.24) is 20.8 Å². The van der Waals surface area contributed by atoms with E-state index in [1.807, 2.05) is 0 Å². The number of H-pyrrole nitrogens is 1. The molecule has 1 amide bonds. The van der Waals surface area contributed by atoms with Gasteiger partial charge in [-0.3, -0.25) is 15.2 Å². The standard InChI is InChI=1S/C12H16F2N4O/c13-12(14)4-10(15-6-12)11(19)17-8-1-2-9-7(3-8)5-16-18-9/h5,8,10,15H,1-4,6H2,(H,16,18)(H,17,19). The van der Waals surface area contributed by atoms with Crippen molar-refractivity contribution in [3.63, 3.8) is 0 Å². The SMILES string of the molecule is O=C(NC1CCc2[nH]ncc2C1)C1CC(F)(F)CN1. The third-order valence-corrected chi connectivity index (χ3v) is 3.79. The minimum absolute atomic E-state index is 0.00798. The summed E-state index contributed by atoms with van der Waals surface area (Å²) in [5.74, 6) is -3.10. The van der Waals surface area contributed by atoms with Crippen molar-refractivity contribution in [2.75, 3.05) is 6.54 Å². The highest BCUT2D eigenvalue weighted by molar-refractivity contribution is 5.82. The van der Waals surface area contributed by atoms with Gasteiger partial charge in [0.1, 0.15) is 0 Å². The van der Waals surface area contributed by atoms with Crippen molar-refractivity contribution in [3.05, 3.63) is 17.5 Å². The van der Waals surface area contributed by atoms with E-state index < -0.39 is 24.9 Å². The maximum Gasteiger partial charge on any atom is 0.262 e. The van der Waals surface area contributed by atoms with E-state index in [1.54, 1.807) is 6.20 Å². The quantitative estimate of drug-likeness (QED) is 0.727. The van der Waals surface area contributed by atoms with Crippen LogP contribution >= 0.6 is 0 Å². The Morgan fingerprint density at radius 3 is 3.11 bits per heavy atom. The number of carbonyl (C=O) groups is 1. The van der Waals surface area contributed by atoms with Crippen LogP contribution in [-0.4, -0.2) is 40.7 Å². The number of aromatic amines is 1. The fourth-order valence-electron chi connectivity index (χ4n) is 2.74. The Morgan fingerprint density at radius 2 is 2.37 bits per heavy atom. The Labute approximate surface area is 109 Å². The number of aryl methyl sites for hydroxylation is 1. The molecule has 0 aromatic carbocycles. The highest BCUT2D eigenvalue weighted by atomic mass is 19.3. The van der Waals surface area contributed by atoms with Crippen LogP contribution in [0.5, 0.6) is 0 Å². The Kier molecular flexibility index (Phi) is 3.00. The molecule has 7 heteroatoms. The number of nitrogens with zero attached hydrogens (tertiary/aromatic N) is 1. The van der Waals surface area contributed by atoms with Gasteiger partial charge in [0.2, 0.25) is 5.91 Å². The summed E-state index contributed by atoms with van der Waals surface area (Å²) in [5.41, 5.74) is 2.21. The fraction of sp³-hybridized carbons (Fsp3) is 0.667. The van der Waals surface area contributed by atoms with Crippen LogP contribution in [0.25, 0.3) is 0 Å². The zero-order valence-corrected chi connectivity index (χ0v) is 10.4. The summed E-state index contributed by atoms with van der Waals surface area (Å²) in [6.45, 7) is -0.415. The van der Waals surface area contributed by atoms with Crippen LogP contribution in [0.4, 0.5) is 8.78 Å². The molecule has 0 bridgehead atoms. The summed E-state index contributed by atoms with van der Waals surface area (Å²) in [6.07, 6.45) is 3.69. The number of carbonyl (C=O) groups excluding carboxylic acids is 1. The summed E-state index contributed by atoms with van der Waals surface area (Å²) in [5, 5.41) is 12.3.